The molecule has 3 rings (SSSR count). The maximum atomic E-state index is 12.8. The molecule has 0 spiro atoms. The number of anilines is 1. The topological polar surface area (TPSA) is 32.3 Å². The molecule has 1 atom stereocenters. The molecule has 3 nitrogen and oxygen atoms in total. The molecule has 21 heavy (non-hydrogen) atoms. The van der Waals surface area contributed by atoms with Gasteiger partial charge in [-0.15, -0.1) is 0 Å². The Hall–Kier alpha value is -2.29. The molecule has 1 heterocycles. The van der Waals surface area contributed by atoms with Crippen molar-refractivity contribution < 1.29 is 4.79 Å². The van der Waals surface area contributed by atoms with E-state index in [4.69, 9.17) is 0 Å². The van der Waals surface area contributed by atoms with Gasteiger partial charge in [0.05, 0.1) is 5.56 Å². The molecule has 0 fully saturated rings. The van der Waals surface area contributed by atoms with E-state index in [1.807, 2.05) is 41.3 Å². The van der Waals surface area contributed by atoms with E-state index in [0.29, 0.717) is 0 Å². The lowest BCUT2D eigenvalue weighted by Gasteiger charge is -2.38. The zero-order chi connectivity index (χ0) is 14.8. The Morgan fingerprint density at radius 3 is 2.57 bits per heavy atom. The van der Waals surface area contributed by atoms with Crippen molar-refractivity contribution in [1.82, 2.24) is 4.90 Å². The standard InChI is InChI=1S/C18H20N2O/c1-3-12-20-17(14-9-5-4-8-13(14)2)19-16-11-7-6-10-15(16)18(20)21/h4-11,17,19H,3,12H2,1-2H3/t17-/m1/s1. The van der Waals surface area contributed by atoms with Gasteiger partial charge in [0.15, 0.2) is 0 Å². The van der Waals surface area contributed by atoms with Crippen molar-refractivity contribution in [1.29, 1.82) is 0 Å². The summed E-state index contributed by atoms with van der Waals surface area (Å²) in [5, 5.41) is 3.52. The third-order valence-electron chi connectivity index (χ3n) is 3.97. The normalized spacial score (nSPS) is 17.3. The number of hydrogen-bond donors (Lipinski definition) is 1. The fourth-order valence-corrected chi connectivity index (χ4v) is 2.90. The molecule has 0 aliphatic carbocycles. The Morgan fingerprint density at radius 2 is 1.81 bits per heavy atom. The highest BCUT2D eigenvalue weighted by Crippen LogP contribution is 2.34. The van der Waals surface area contributed by atoms with E-state index < -0.39 is 0 Å². The molecule has 0 unspecified atom stereocenters. The number of fused-ring (bicyclic) bond motifs is 1. The fourth-order valence-electron chi connectivity index (χ4n) is 2.90. The molecular formula is C18H20N2O. The molecule has 1 amide bonds. The first-order chi connectivity index (χ1) is 10.2. The predicted molar refractivity (Wildman–Crippen MR) is 85.3 cm³/mol. The number of amides is 1. The summed E-state index contributed by atoms with van der Waals surface area (Å²) in [6.07, 6.45) is 0.853. The van der Waals surface area contributed by atoms with Crippen LogP contribution in [0.15, 0.2) is 48.5 Å². The smallest absolute Gasteiger partial charge is 0.257 e. The third-order valence-corrected chi connectivity index (χ3v) is 3.97. The summed E-state index contributed by atoms with van der Waals surface area (Å²) in [7, 11) is 0. The highest BCUT2D eigenvalue weighted by Gasteiger charge is 2.32. The molecule has 2 aromatic rings. The van der Waals surface area contributed by atoms with Crippen LogP contribution in [0.3, 0.4) is 0 Å². The number of rotatable bonds is 3. The minimum Gasteiger partial charge on any atom is -0.361 e. The number of carbonyl (C=O) groups is 1. The maximum Gasteiger partial charge on any atom is 0.257 e. The first kappa shape index (κ1) is 13.7. The highest BCUT2D eigenvalue weighted by molar-refractivity contribution is 6.01. The Morgan fingerprint density at radius 1 is 1.10 bits per heavy atom. The average molecular weight is 280 g/mol. The lowest BCUT2D eigenvalue weighted by molar-refractivity contribution is 0.0683. The highest BCUT2D eigenvalue weighted by atomic mass is 16.2. The maximum absolute atomic E-state index is 12.8. The van der Waals surface area contributed by atoms with Gasteiger partial charge in [-0.25, -0.2) is 0 Å². The van der Waals surface area contributed by atoms with Crippen molar-refractivity contribution in [2.75, 3.05) is 11.9 Å². The number of aryl methyl sites for hydroxylation is 1. The second kappa shape index (κ2) is 5.60. The van der Waals surface area contributed by atoms with Crippen LogP contribution >= 0.6 is 0 Å². The average Bonchev–Trinajstić information content (AvgIpc) is 2.51. The Bertz CT molecular complexity index is 666. The summed E-state index contributed by atoms with van der Waals surface area (Å²) >= 11 is 0. The van der Waals surface area contributed by atoms with Gasteiger partial charge in [-0.3, -0.25) is 4.79 Å². The SMILES string of the molecule is CCCN1C(=O)c2ccccc2N[C@H]1c1ccccc1C. The van der Waals surface area contributed by atoms with Gasteiger partial charge in [0.25, 0.3) is 5.91 Å². The quantitative estimate of drug-likeness (QED) is 0.922. The number of nitrogens with zero attached hydrogens (tertiary/aromatic N) is 1. The second-order valence-corrected chi connectivity index (χ2v) is 5.45. The van der Waals surface area contributed by atoms with E-state index >= 15 is 0 Å². The van der Waals surface area contributed by atoms with Crippen LogP contribution in [0.5, 0.6) is 0 Å². The summed E-state index contributed by atoms with van der Waals surface area (Å²) in [6.45, 7) is 4.94. The van der Waals surface area contributed by atoms with Gasteiger partial charge in [0.1, 0.15) is 6.17 Å². The Labute approximate surface area is 125 Å². The molecule has 108 valence electrons. The molecule has 0 radical (unpaired) electrons. The molecule has 0 saturated heterocycles. The molecular weight excluding hydrogens is 260 g/mol. The van der Waals surface area contributed by atoms with Crippen LogP contribution in [0.1, 0.15) is 41.0 Å². The first-order valence-corrected chi connectivity index (χ1v) is 7.44. The van der Waals surface area contributed by atoms with Gasteiger partial charge in [-0.2, -0.15) is 0 Å². The summed E-state index contributed by atoms with van der Waals surface area (Å²) in [5.41, 5.74) is 4.04. The van der Waals surface area contributed by atoms with Crippen molar-refractivity contribution in [2.24, 2.45) is 0 Å². The third kappa shape index (κ3) is 2.40. The van der Waals surface area contributed by atoms with Gasteiger partial charge in [-0.1, -0.05) is 43.3 Å². The lowest BCUT2D eigenvalue weighted by atomic mass is 10.00. The number of benzene rings is 2. The van der Waals surface area contributed by atoms with Crippen molar-refractivity contribution >= 4 is 11.6 Å². The fraction of sp³-hybridized carbons (Fsp3) is 0.278. The van der Waals surface area contributed by atoms with Crippen LogP contribution < -0.4 is 5.32 Å². The zero-order valence-electron chi connectivity index (χ0n) is 12.5. The van der Waals surface area contributed by atoms with Gasteiger partial charge in [0.2, 0.25) is 0 Å². The summed E-state index contributed by atoms with van der Waals surface area (Å²) < 4.78 is 0. The molecule has 0 aromatic heterocycles. The Balaban J connectivity index is 2.07. The Kier molecular flexibility index (Phi) is 3.65. The van der Waals surface area contributed by atoms with E-state index in [1.165, 1.54) is 5.56 Å². The van der Waals surface area contributed by atoms with Crippen molar-refractivity contribution in [3.63, 3.8) is 0 Å². The van der Waals surface area contributed by atoms with Gasteiger partial charge < -0.3 is 10.2 Å². The van der Waals surface area contributed by atoms with Crippen molar-refractivity contribution in [3.05, 3.63) is 65.2 Å². The van der Waals surface area contributed by atoms with Crippen LogP contribution in [-0.2, 0) is 0 Å². The molecule has 0 bridgehead atoms. The molecule has 2 aromatic carbocycles. The zero-order valence-corrected chi connectivity index (χ0v) is 12.5. The second-order valence-electron chi connectivity index (χ2n) is 5.45. The summed E-state index contributed by atoms with van der Waals surface area (Å²) in [5.74, 6) is 0.111. The van der Waals surface area contributed by atoms with Crippen molar-refractivity contribution in [3.8, 4) is 0 Å². The van der Waals surface area contributed by atoms with E-state index in [-0.39, 0.29) is 12.1 Å². The van der Waals surface area contributed by atoms with Gasteiger partial charge in [-0.05, 0) is 36.6 Å². The lowest BCUT2D eigenvalue weighted by Crippen LogP contribution is -2.43. The minimum atomic E-state index is -0.0893. The van der Waals surface area contributed by atoms with Crippen LogP contribution in [0.2, 0.25) is 0 Å². The van der Waals surface area contributed by atoms with Crippen LogP contribution in [0.4, 0.5) is 5.69 Å². The molecule has 0 saturated carbocycles. The summed E-state index contributed by atoms with van der Waals surface area (Å²) in [4.78, 5) is 14.7. The summed E-state index contributed by atoms with van der Waals surface area (Å²) in [6, 6.07) is 16.0. The molecule has 1 aliphatic heterocycles. The minimum absolute atomic E-state index is 0.0893. The van der Waals surface area contributed by atoms with Crippen molar-refractivity contribution in [2.45, 2.75) is 26.4 Å². The molecule has 1 N–H and O–H groups in total. The number of nitrogens with one attached hydrogen (secondary N) is 1. The van der Waals surface area contributed by atoms with Crippen LogP contribution in [-0.4, -0.2) is 17.4 Å². The largest absolute Gasteiger partial charge is 0.361 e. The van der Waals surface area contributed by atoms with Crippen LogP contribution in [0, 0.1) is 6.92 Å². The van der Waals surface area contributed by atoms with E-state index in [2.05, 4.69) is 31.3 Å². The number of para-hydroxylation sites is 1. The van der Waals surface area contributed by atoms with Crippen LogP contribution in [0.25, 0.3) is 0 Å². The first-order valence-electron chi connectivity index (χ1n) is 7.44. The monoisotopic (exact) mass is 280 g/mol. The van der Waals surface area contributed by atoms with Gasteiger partial charge in [0, 0.05) is 12.2 Å². The molecule has 3 heteroatoms. The molecule has 1 aliphatic rings. The number of carbonyl (C=O) groups excluding carboxylic acids is 1. The number of hydrogen-bond acceptors (Lipinski definition) is 2. The van der Waals surface area contributed by atoms with E-state index in [9.17, 15) is 4.79 Å². The predicted octanol–water partition coefficient (Wildman–Crippen LogP) is 3.97. The van der Waals surface area contributed by atoms with E-state index in [0.717, 1.165) is 29.8 Å². The van der Waals surface area contributed by atoms with Gasteiger partial charge >= 0.3 is 0 Å². The van der Waals surface area contributed by atoms with E-state index in [1.54, 1.807) is 0 Å².